The molecule has 0 atom stereocenters. The van der Waals surface area contributed by atoms with Crippen molar-refractivity contribution in [3.05, 3.63) is 34.4 Å². The summed E-state index contributed by atoms with van der Waals surface area (Å²) in [6, 6.07) is 3.12. The minimum Gasteiger partial charge on any atom is -0.380 e. The van der Waals surface area contributed by atoms with Crippen molar-refractivity contribution in [2.24, 2.45) is 0 Å². The van der Waals surface area contributed by atoms with E-state index in [0.29, 0.717) is 11.8 Å². The van der Waals surface area contributed by atoms with Crippen molar-refractivity contribution in [3.63, 3.8) is 0 Å². The van der Waals surface area contributed by atoms with Crippen LogP contribution in [0.1, 0.15) is 67.4 Å². The van der Waals surface area contributed by atoms with E-state index in [9.17, 15) is 0 Å². The summed E-state index contributed by atoms with van der Waals surface area (Å²) in [6.45, 7) is 6.33. The molecule has 0 radical (unpaired) electrons. The molecule has 0 unspecified atom stereocenters. The van der Waals surface area contributed by atoms with Gasteiger partial charge in [0.05, 0.1) is 17.3 Å². The van der Waals surface area contributed by atoms with Crippen LogP contribution < -0.4 is 5.32 Å². The van der Waals surface area contributed by atoms with Gasteiger partial charge in [-0.25, -0.2) is 9.97 Å². The van der Waals surface area contributed by atoms with Gasteiger partial charge >= 0.3 is 0 Å². The summed E-state index contributed by atoms with van der Waals surface area (Å²) in [7, 11) is 0. The molecule has 2 aliphatic heterocycles. The van der Waals surface area contributed by atoms with Crippen molar-refractivity contribution in [2.45, 2.75) is 62.8 Å². The van der Waals surface area contributed by atoms with Crippen molar-refractivity contribution in [1.82, 2.24) is 25.2 Å². The topological polar surface area (TPSA) is 66.1 Å². The van der Waals surface area contributed by atoms with Gasteiger partial charge in [0.2, 0.25) is 0 Å². The Hall–Kier alpha value is -1.80. The zero-order chi connectivity index (χ0) is 22.0. The summed E-state index contributed by atoms with van der Waals surface area (Å²) in [5.41, 5.74) is 4.68. The number of thiazole rings is 1. The molecular formula is C26H35N5OS. The van der Waals surface area contributed by atoms with Gasteiger partial charge in [0.15, 0.2) is 0 Å². The molecule has 3 aliphatic rings. The van der Waals surface area contributed by atoms with Crippen molar-refractivity contribution in [3.8, 4) is 11.3 Å². The van der Waals surface area contributed by atoms with Crippen LogP contribution in [0.15, 0.2) is 23.8 Å². The Kier molecular flexibility index (Phi) is 6.46. The number of nitrogens with zero attached hydrogens (tertiary/aromatic N) is 3. The third kappa shape index (κ3) is 4.61. The minimum atomic E-state index is 0.606. The number of hydrogen-bond acceptors (Lipinski definition) is 6. The molecule has 3 aromatic rings. The number of ether oxygens (including phenoxy) is 1. The molecule has 7 heteroatoms. The van der Waals surface area contributed by atoms with E-state index in [0.717, 1.165) is 50.2 Å². The van der Waals surface area contributed by atoms with Crippen molar-refractivity contribution < 1.29 is 4.74 Å². The maximum Gasteiger partial charge on any atom is 0.137 e. The zero-order valence-corrected chi connectivity index (χ0v) is 20.2. The lowest BCUT2D eigenvalue weighted by atomic mass is 9.81. The smallest absolute Gasteiger partial charge is 0.137 e. The van der Waals surface area contributed by atoms with E-state index >= 15 is 0 Å². The van der Waals surface area contributed by atoms with Gasteiger partial charge in [-0.15, -0.1) is 11.3 Å². The average molecular weight is 466 g/mol. The fourth-order valence-corrected chi connectivity index (χ4v) is 7.02. The molecule has 0 spiro atoms. The SMILES string of the molecule is c1nc2[nH]cc(-c3csc(C4CCNCC4)n3)c2cc1C1CCC(N2CCCOCC2)CC1. The Morgan fingerprint density at radius 3 is 2.76 bits per heavy atom. The molecule has 0 aromatic carbocycles. The summed E-state index contributed by atoms with van der Waals surface area (Å²) in [5.74, 6) is 1.22. The van der Waals surface area contributed by atoms with Crippen LogP contribution in [0.2, 0.25) is 0 Å². The molecule has 1 aliphatic carbocycles. The van der Waals surface area contributed by atoms with Gasteiger partial charge in [0.25, 0.3) is 0 Å². The highest BCUT2D eigenvalue weighted by atomic mass is 32.1. The van der Waals surface area contributed by atoms with E-state index in [1.165, 1.54) is 73.0 Å². The summed E-state index contributed by atoms with van der Waals surface area (Å²) in [6.07, 6.45) is 12.8. The third-order valence-corrected chi connectivity index (χ3v) is 8.99. The van der Waals surface area contributed by atoms with E-state index in [1.807, 2.05) is 11.3 Å². The number of H-pyrrole nitrogens is 1. The second-order valence-corrected chi connectivity index (χ2v) is 10.9. The third-order valence-electron chi connectivity index (χ3n) is 7.98. The van der Waals surface area contributed by atoms with E-state index < -0.39 is 0 Å². The van der Waals surface area contributed by atoms with Gasteiger partial charge in [-0.3, -0.25) is 4.90 Å². The van der Waals surface area contributed by atoms with Crippen molar-refractivity contribution in [1.29, 1.82) is 0 Å². The Morgan fingerprint density at radius 1 is 1.00 bits per heavy atom. The van der Waals surface area contributed by atoms with Gasteiger partial charge < -0.3 is 15.0 Å². The summed E-state index contributed by atoms with van der Waals surface area (Å²) < 4.78 is 5.66. The molecule has 33 heavy (non-hydrogen) atoms. The van der Waals surface area contributed by atoms with Crippen LogP contribution >= 0.6 is 11.3 Å². The van der Waals surface area contributed by atoms with Crippen LogP contribution in [0.5, 0.6) is 0 Å². The highest BCUT2D eigenvalue weighted by molar-refractivity contribution is 7.10. The van der Waals surface area contributed by atoms with Crippen molar-refractivity contribution >= 4 is 22.4 Å². The molecule has 3 fully saturated rings. The zero-order valence-electron chi connectivity index (χ0n) is 19.4. The first-order valence-corrected chi connectivity index (χ1v) is 13.7. The fourth-order valence-electron chi connectivity index (χ4n) is 6.03. The molecule has 5 heterocycles. The van der Waals surface area contributed by atoms with Crippen LogP contribution in [0.25, 0.3) is 22.3 Å². The number of fused-ring (bicyclic) bond motifs is 1. The van der Waals surface area contributed by atoms with Crippen LogP contribution in [-0.2, 0) is 4.74 Å². The van der Waals surface area contributed by atoms with Gasteiger partial charge in [0, 0.05) is 60.4 Å². The first-order chi connectivity index (χ1) is 16.3. The Bertz CT molecular complexity index is 1060. The number of pyridine rings is 1. The molecule has 2 N–H and O–H groups in total. The van der Waals surface area contributed by atoms with Crippen LogP contribution in [0.4, 0.5) is 0 Å². The molecule has 1 saturated carbocycles. The number of aromatic amines is 1. The second kappa shape index (κ2) is 9.82. The molecule has 176 valence electrons. The van der Waals surface area contributed by atoms with E-state index in [4.69, 9.17) is 14.7 Å². The van der Waals surface area contributed by atoms with E-state index in [-0.39, 0.29) is 0 Å². The van der Waals surface area contributed by atoms with Gasteiger partial charge in [-0.05, 0) is 75.6 Å². The highest BCUT2D eigenvalue weighted by Gasteiger charge is 2.28. The molecule has 6 nitrogen and oxygen atoms in total. The number of piperidine rings is 1. The lowest BCUT2D eigenvalue weighted by molar-refractivity contribution is 0.118. The van der Waals surface area contributed by atoms with Crippen LogP contribution in [0, 0.1) is 0 Å². The van der Waals surface area contributed by atoms with Crippen molar-refractivity contribution in [2.75, 3.05) is 39.4 Å². The minimum absolute atomic E-state index is 0.606. The predicted octanol–water partition coefficient (Wildman–Crippen LogP) is 4.90. The van der Waals surface area contributed by atoms with E-state index in [1.54, 1.807) is 0 Å². The number of rotatable bonds is 4. The quantitative estimate of drug-likeness (QED) is 0.574. The van der Waals surface area contributed by atoms with E-state index in [2.05, 4.69) is 39.0 Å². The number of aromatic nitrogens is 3. The standard InChI is InChI=1S/C26H35N5OS/c1-10-31(11-13-32-12-1)21-4-2-18(3-5-21)20-14-22-23(16-29-25(22)28-15-20)24-17-33-26(30-24)19-6-8-27-9-7-19/h14-19,21,27H,1-13H2,(H,28,29). The van der Waals surface area contributed by atoms with Gasteiger partial charge in [-0.2, -0.15) is 0 Å². The first-order valence-electron chi connectivity index (χ1n) is 12.8. The summed E-state index contributed by atoms with van der Waals surface area (Å²) in [4.78, 5) is 15.9. The maximum atomic E-state index is 5.66. The molecule has 2 saturated heterocycles. The Labute approximate surface area is 200 Å². The van der Waals surface area contributed by atoms with Gasteiger partial charge in [-0.1, -0.05) is 0 Å². The fraction of sp³-hybridized carbons (Fsp3) is 0.615. The summed E-state index contributed by atoms with van der Waals surface area (Å²) >= 11 is 1.82. The largest absolute Gasteiger partial charge is 0.380 e. The molecule has 3 aromatic heterocycles. The maximum absolute atomic E-state index is 5.66. The highest BCUT2D eigenvalue weighted by Crippen LogP contribution is 2.38. The first kappa shape index (κ1) is 21.7. The van der Waals surface area contributed by atoms with Crippen LogP contribution in [0.3, 0.4) is 0 Å². The monoisotopic (exact) mass is 465 g/mol. The lowest BCUT2D eigenvalue weighted by Crippen LogP contribution is -2.39. The summed E-state index contributed by atoms with van der Waals surface area (Å²) in [5, 5.41) is 8.22. The van der Waals surface area contributed by atoms with Crippen LogP contribution in [-0.4, -0.2) is 65.3 Å². The number of hydrogen-bond donors (Lipinski definition) is 2. The predicted molar refractivity (Wildman–Crippen MR) is 134 cm³/mol. The molecular weight excluding hydrogens is 430 g/mol. The Morgan fingerprint density at radius 2 is 1.88 bits per heavy atom. The molecule has 0 amide bonds. The normalized spacial score (nSPS) is 25.9. The Balaban J connectivity index is 1.18. The molecule has 6 rings (SSSR count). The average Bonchev–Trinajstić information content (AvgIpc) is 3.43. The number of nitrogens with one attached hydrogen (secondary N) is 2. The molecule has 0 bridgehead atoms. The second-order valence-electron chi connectivity index (χ2n) is 9.97. The van der Waals surface area contributed by atoms with Gasteiger partial charge in [0.1, 0.15) is 5.65 Å². The lowest BCUT2D eigenvalue weighted by Gasteiger charge is -2.36.